The molecule has 0 radical (unpaired) electrons. The quantitative estimate of drug-likeness (QED) is 0.773. The first-order valence-corrected chi connectivity index (χ1v) is 5.81. The number of carbonyl (C=O) groups is 1. The van der Waals surface area contributed by atoms with Gasteiger partial charge in [0.1, 0.15) is 5.78 Å². The van der Waals surface area contributed by atoms with Crippen LogP contribution in [0.1, 0.15) is 40.0 Å². The molecule has 1 atom stereocenters. The van der Waals surface area contributed by atoms with Crippen molar-refractivity contribution in [1.82, 2.24) is 5.32 Å². The summed E-state index contributed by atoms with van der Waals surface area (Å²) in [5, 5.41) is 3.24. The van der Waals surface area contributed by atoms with Gasteiger partial charge in [-0.15, -0.1) is 0 Å². The van der Waals surface area contributed by atoms with Crippen LogP contribution in [0.5, 0.6) is 0 Å². The number of Topliss-reactive ketones (excluding diaryl/α,β-unsaturated/α-hetero) is 1. The summed E-state index contributed by atoms with van der Waals surface area (Å²) < 4.78 is 5.50. The highest BCUT2D eigenvalue weighted by Gasteiger charge is 2.19. The van der Waals surface area contributed by atoms with Crippen molar-refractivity contribution in [3.63, 3.8) is 0 Å². The Hall–Kier alpha value is -0.410. The van der Waals surface area contributed by atoms with Gasteiger partial charge >= 0.3 is 0 Å². The monoisotopic (exact) mass is 213 g/mol. The summed E-state index contributed by atoms with van der Waals surface area (Å²) in [6.07, 6.45) is 2.32. The van der Waals surface area contributed by atoms with Crippen molar-refractivity contribution in [2.75, 3.05) is 19.7 Å². The third-order valence-electron chi connectivity index (χ3n) is 2.61. The van der Waals surface area contributed by atoms with Crippen molar-refractivity contribution in [2.24, 2.45) is 5.41 Å². The van der Waals surface area contributed by atoms with E-state index in [4.69, 9.17) is 4.74 Å². The predicted octanol–water partition coefficient (Wildman–Crippen LogP) is 1.76. The maximum atomic E-state index is 11.7. The second kappa shape index (κ2) is 5.61. The topological polar surface area (TPSA) is 38.3 Å². The van der Waals surface area contributed by atoms with Crippen molar-refractivity contribution in [3.8, 4) is 0 Å². The molecule has 88 valence electrons. The number of hydrogen-bond donors (Lipinski definition) is 1. The number of ketones is 1. The highest BCUT2D eigenvalue weighted by molar-refractivity contribution is 5.78. The fourth-order valence-corrected chi connectivity index (χ4v) is 1.62. The van der Waals surface area contributed by atoms with Gasteiger partial charge in [0.15, 0.2) is 0 Å². The molecule has 15 heavy (non-hydrogen) atoms. The predicted molar refractivity (Wildman–Crippen MR) is 60.9 cm³/mol. The van der Waals surface area contributed by atoms with Crippen LogP contribution < -0.4 is 5.32 Å². The molecule has 3 heteroatoms. The van der Waals surface area contributed by atoms with Crippen molar-refractivity contribution in [1.29, 1.82) is 0 Å². The minimum absolute atomic E-state index is 0.103. The molecule has 1 fully saturated rings. The smallest absolute Gasteiger partial charge is 0.135 e. The van der Waals surface area contributed by atoms with Gasteiger partial charge in [-0.25, -0.2) is 0 Å². The number of rotatable bonds is 4. The lowest BCUT2D eigenvalue weighted by Gasteiger charge is -2.23. The van der Waals surface area contributed by atoms with E-state index in [0.717, 1.165) is 26.1 Å². The lowest BCUT2D eigenvalue weighted by Crippen LogP contribution is -2.39. The van der Waals surface area contributed by atoms with Crippen LogP contribution in [0.4, 0.5) is 0 Å². The van der Waals surface area contributed by atoms with Crippen LogP contribution in [-0.4, -0.2) is 31.6 Å². The maximum Gasteiger partial charge on any atom is 0.135 e. The van der Waals surface area contributed by atoms with Crippen LogP contribution in [0.15, 0.2) is 0 Å². The molecule has 0 aliphatic carbocycles. The molecule has 0 spiro atoms. The number of ether oxygens (including phenoxy) is 1. The van der Waals surface area contributed by atoms with E-state index in [-0.39, 0.29) is 11.5 Å². The molecule has 1 N–H and O–H groups in total. The van der Waals surface area contributed by atoms with Crippen molar-refractivity contribution >= 4 is 5.78 Å². The summed E-state index contributed by atoms with van der Waals surface area (Å²) in [4.78, 5) is 11.7. The number of morpholine rings is 1. The largest absolute Gasteiger partial charge is 0.375 e. The summed E-state index contributed by atoms with van der Waals surface area (Å²) in [6, 6.07) is 0. The maximum absolute atomic E-state index is 11.7. The van der Waals surface area contributed by atoms with Crippen molar-refractivity contribution in [3.05, 3.63) is 0 Å². The van der Waals surface area contributed by atoms with E-state index in [1.54, 1.807) is 0 Å². The zero-order valence-corrected chi connectivity index (χ0v) is 10.1. The Labute approximate surface area is 92.6 Å². The van der Waals surface area contributed by atoms with Crippen molar-refractivity contribution < 1.29 is 9.53 Å². The molecular formula is C12H23NO2. The molecule has 1 aliphatic heterocycles. The van der Waals surface area contributed by atoms with E-state index in [1.807, 2.05) is 0 Å². The molecule has 0 amide bonds. The Bertz CT molecular complexity index is 202. The van der Waals surface area contributed by atoms with Crippen LogP contribution in [0, 0.1) is 5.41 Å². The molecule has 1 unspecified atom stereocenters. The molecule has 1 saturated heterocycles. The molecule has 0 aromatic rings. The fraction of sp³-hybridized carbons (Fsp3) is 0.917. The van der Waals surface area contributed by atoms with Crippen molar-refractivity contribution in [2.45, 2.75) is 46.1 Å². The number of carbonyl (C=O) groups excluding carboxylic acids is 1. The third kappa shape index (κ3) is 5.90. The van der Waals surface area contributed by atoms with E-state index in [0.29, 0.717) is 18.6 Å². The number of nitrogens with one attached hydrogen (secondary N) is 1. The summed E-state index contributed by atoms with van der Waals surface area (Å²) in [7, 11) is 0. The Morgan fingerprint density at radius 1 is 1.47 bits per heavy atom. The van der Waals surface area contributed by atoms with Gasteiger partial charge in [-0.3, -0.25) is 4.79 Å². The lowest BCUT2D eigenvalue weighted by atomic mass is 9.89. The molecule has 3 nitrogen and oxygen atoms in total. The average Bonchev–Trinajstić information content (AvgIpc) is 2.15. The Morgan fingerprint density at radius 2 is 2.20 bits per heavy atom. The molecule has 1 rings (SSSR count). The highest BCUT2D eigenvalue weighted by Crippen LogP contribution is 2.21. The average molecular weight is 213 g/mol. The molecular weight excluding hydrogens is 190 g/mol. The van der Waals surface area contributed by atoms with Gasteiger partial charge in [0.05, 0.1) is 12.7 Å². The van der Waals surface area contributed by atoms with E-state index >= 15 is 0 Å². The standard InChI is InChI=1S/C12H23NO2/c1-12(2,3)5-4-10(14)8-11-9-13-6-7-15-11/h11,13H,4-9H2,1-3H3. The van der Waals surface area contributed by atoms with Gasteiger partial charge < -0.3 is 10.1 Å². The zero-order valence-electron chi connectivity index (χ0n) is 10.1. The molecule has 0 saturated carbocycles. The van der Waals surface area contributed by atoms with Gasteiger partial charge in [0.2, 0.25) is 0 Å². The van der Waals surface area contributed by atoms with Gasteiger partial charge in [0.25, 0.3) is 0 Å². The van der Waals surface area contributed by atoms with Crippen LogP contribution >= 0.6 is 0 Å². The van der Waals surface area contributed by atoms with Gasteiger partial charge in [-0.2, -0.15) is 0 Å². The van der Waals surface area contributed by atoms with Gasteiger partial charge in [-0.1, -0.05) is 20.8 Å². The van der Waals surface area contributed by atoms with Crippen LogP contribution in [-0.2, 0) is 9.53 Å². The van der Waals surface area contributed by atoms with E-state index in [9.17, 15) is 4.79 Å². The SMILES string of the molecule is CC(C)(C)CCC(=O)CC1CNCCO1. The lowest BCUT2D eigenvalue weighted by molar-refractivity contribution is -0.122. The third-order valence-corrected chi connectivity index (χ3v) is 2.61. The molecule has 0 aromatic heterocycles. The first-order chi connectivity index (χ1) is 6.97. The summed E-state index contributed by atoms with van der Waals surface area (Å²) >= 11 is 0. The number of hydrogen-bond acceptors (Lipinski definition) is 3. The summed E-state index contributed by atoms with van der Waals surface area (Å²) in [5.41, 5.74) is 0.251. The van der Waals surface area contributed by atoms with Gasteiger partial charge in [0, 0.05) is 25.9 Å². The molecule has 0 bridgehead atoms. The van der Waals surface area contributed by atoms with E-state index in [1.165, 1.54) is 0 Å². The molecule has 1 heterocycles. The Kier molecular flexibility index (Phi) is 4.74. The van der Waals surface area contributed by atoms with Crippen LogP contribution in [0.2, 0.25) is 0 Å². The Balaban J connectivity index is 2.17. The second-order valence-corrected chi connectivity index (χ2v) is 5.50. The molecule has 1 aliphatic rings. The Morgan fingerprint density at radius 3 is 2.73 bits per heavy atom. The normalized spacial score (nSPS) is 22.7. The van der Waals surface area contributed by atoms with E-state index in [2.05, 4.69) is 26.1 Å². The van der Waals surface area contributed by atoms with E-state index < -0.39 is 0 Å². The van der Waals surface area contributed by atoms with Crippen LogP contribution in [0.3, 0.4) is 0 Å². The fourth-order valence-electron chi connectivity index (χ4n) is 1.62. The minimum atomic E-state index is 0.103. The first kappa shape index (κ1) is 12.7. The first-order valence-electron chi connectivity index (χ1n) is 5.81. The highest BCUT2D eigenvalue weighted by atomic mass is 16.5. The summed E-state index contributed by atoms with van der Waals surface area (Å²) in [5.74, 6) is 0.332. The van der Waals surface area contributed by atoms with Crippen LogP contribution in [0.25, 0.3) is 0 Å². The molecule has 0 aromatic carbocycles. The minimum Gasteiger partial charge on any atom is -0.375 e. The summed E-state index contributed by atoms with van der Waals surface area (Å²) in [6.45, 7) is 8.96. The van der Waals surface area contributed by atoms with Gasteiger partial charge in [-0.05, 0) is 11.8 Å². The second-order valence-electron chi connectivity index (χ2n) is 5.50. The zero-order chi connectivity index (χ0) is 11.3.